The summed E-state index contributed by atoms with van der Waals surface area (Å²) >= 11 is 6.96. The zero-order chi connectivity index (χ0) is 11.0. The smallest absolute Gasteiger partial charge is 0.340 e. The fourth-order valence-electron chi connectivity index (χ4n) is 1.25. The van der Waals surface area contributed by atoms with Gasteiger partial charge in [0.2, 0.25) is 5.43 Å². The van der Waals surface area contributed by atoms with Crippen molar-refractivity contribution in [3.63, 3.8) is 0 Å². The number of carbonyl (C=O) groups is 1. The van der Waals surface area contributed by atoms with Gasteiger partial charge < -0.3 is 5.11 Å². The predicted molar refractivity (Wildman–Crippen MR) is 60.1 cm³/mol. The second-order valence-electron chi connectivity index (χ2n) is 2.92. The fourth-order valence-corrected chi connectivity index (χ4v) is 2.30. The maximum atomic E-state index is 11.7. The van der Waals surface area contributed by atoms with Gasteiger partial charge in [-0.05, 0) is 18.2 Å². The number of fused-ring (bicyclic) bond motifs is 1. The summed E-state index contributed by atoms with van der Waals surface area (Å²) in [6, 6.07) is 4.86. The molecule has 1 N–H and O–H groups in total. The molecule has 3 nitrogen and oxygen atoms in total. The molecule has 76 valence electrons. The third-order valence-electron chi connectivity index (χ3n) is 1.97. The van der Waals surface area contributed by atoms with Gasteiger partial charge in [0.25, 0.3) is 0 Å². The van der Waals surface area contributed by atoms with Crippen molar-refractivity contribution in [2.24, 2.45) is 0 Å². The Morgan fingerprint density at radius 2 is 2.13 bits per heavy atom. The molecule has 0 aliphatic rings. The van der Waals surface area contributed by atoms with E-state index in [0.29, 0.717) is 10.4 Å². The van der Waals surface area contributed by atoms with E-state index in [2.05, 4.69) is 0 Å². The van der Waals surface area contributed by atoms with E-state index >= 15 is 0 Å². The molecule has 1 aromatic carbocycles. The maximum absolute atomic E-state index is 11.7. The number of hydrogen-bond acceptors (Lipinski definition) is 3. The van der Waals surface area contributed by atoms with Gasteiger partial charge in [0, 0.05) is 20.5 Å². The first kappa shape index (κ1) is 10.1. The summed E-state index contributed by atoms with van der Waals surface area (Å²) in [5, 5.41) is 10.9. The number of halogens is 1. The third-order valence-corrected chi connectivity index (χ3v) is 3.16. The number of carboxylic acids is 1. The van der Waals surface area contributed by atoms with Crippen LogP contribution < -0.4 is 5.43 Å². The Morgan fingerprint density at radius 3 is 2.80 bits per heavy atom. The van der Waals surface area contributed by atoms with Gasteiger partial charge in [-0.2, -0.15) is 0 Å². The van der Waals surface area contributed by atoms with Crippen LogP contribution in [-0.4, -0.2) is 11.1 Å². The SMILES string of the molecule is O=C(O)c1csc2ccc(Cl)cc2c1=O. The molecule has 15 heavy (non-hydrogen) atoms. The lowest BCUT2D eigenvalue weighted by atomic mass is 10.2. The average molecular weight is 241 g/mol. The average Bonchev–Trinajstić information content (AvgIpc) is 2.19. The molecular weight excluding hydrogens is 236 g/mol. The minimum atomic E-state index is -1.21. The summed E-state index contributed by atoms with van der Waals surface area (Å²) in [7, 11) is 0. The van der Waals surface area contributed by atoms with Crippen molar-refractivity contribution in [3.05, 3.63) is 44.4 Å². The van der Waals surface area contributed by atoms with Crippen LogP contribution in [0.25, 0.3) is 10.1 Å². The first-order valence-corrected chi connectivity index (χ1v) is 5.29. The van der Waals surface area contributed by atoms with Gasteiger partial charge in [-0.25, -0.2) is 4.79 Å². The quantitative estimate of drug-likeness (QED) is 0.834. The molecule has 0 aliphatic heterocycles. The van der Waals surface area contributed by atoms with E-state index in [1.54, 1.807) is 12.1 Å². The van der Waals surface area contributed by atoms with Gasteiger partial charge in [0.1, 0.15) is 5.56 Å². The second-order valence-corrected chi connectivity index (χ2v) is 4.27. The second kappa shape index (κ2) is 3.64. The van der Waals surface area contributed by atoms with E-state index < -0.39 is 11.4 Å². The molecule has 0 fully saturated rings. The number of rotatable bonds is 1. The lowest BCUT2D eigenvalue weighted by Gasteiger charge is -1.98. The van der Waals surface area contributed by atoms with Crippen molar-refractivity contribution >= 4 is 39.0 Å². The van der Waals surface area contributed by atoms with E-state index in [0.717, 1.165) is 4.70 Å². The Hall–Kier alpha value is -1.39. The van der Waals surface area contributed by atoms with E-state index in [4.69, 9.17) is 16.7 Å². The molecule has 0 atom stereocenters. The monoisotopic (exact) mass is 240 g/mol. The van der Waals surface area contributed by atoms with Crippen molar-refractivity contribution < 1.29 is 9.90 Å². The van der Waals surface area contributed by atoms with Crippen LogP contribution in [0.1, 0.15) is 10.4 Å². The minimum Gasteiger partial charge on any atom is -0.478 e. The molecular formula is C10H5ClO3S. The lowest BCUT2D eigenvalue weighted by molar-refractivity contribution is 0.0696. The summed E-state index contributed by atoms with van der Waals surface area (Å²) in [6.07, 6.45) is 0. The largest absolute Gasteiger partial charge is 0.478 e. The molecule has 0 saturated carbocycles. The first-order valence-electron chi connectivity index (χ1n) is 4.04. The Balaban J connectivity index is 2.89. The molecule has 1 aromatic heterocycles. The predicted octanol–water partition coefficient (Wildman–Crippen LogP) is 2.61. The molecule has 5 heteroatoms. The summed E-state index contributed by atoms with van der Waals surface area (Å²) < 4.78 is 0.731. The summed E-state index contributed by atoms with van der Waals surface area (Å²) in [4.78, 5) is 22.4. The third kappa shape index (κ3) is 1.73. The first-order chi connectivity index (χ1) is 7.09. The number of carboxylic acid groups (broad SMARTS) is 1. The number of hydrogen-bond donors (Lipinski definition) is 1. The van der Waals surface area contributed by atoms with Crippen LogP contribution in [0.3, 0.4) is 0 Å². The van der Waals surface area contributed by atoms with Gasteiger partial charge in [-0.15, -0.1) is 11.3 Å². The molecule has 0 aliphatic carbocycles. The van der Waals surface area contributed by atoms with E-state index in [9.17, 15) is 9.59 Å². The maximum Gasteiger partial charge on any atom is 0.340 e. The van der Waals surface area contributed by atoms with Gasteiger partial charge in [0.05, 0.1) is 0 Å². The van der Waals surface area contributed by atoms with Crippen LogP contribution in [0.2, 0.25) is 5.02 Å². The molecule has 0 amide bonds. The minimum absolute atomic E-state index is 0.213. The van der Waals surface area contributed by atoms with Crippen LogP contribution in [0.15, 0.2) is 28.4 Å². The van der Waals surface area contributed by atoms with Crippen molar-refractivity contribution in [2.75, 3.05) is 0 Å². The molecule has 1 heterocycles. The van der Waals surface area contributed by atoms with Crippen molar-refractivity contribution in [3.8, 4) is 0 Å². The van der Waals surface area contributed by atoms with E-state index in [-0.39, 0.29) is 5.56 Å². The summed E-state index contributed by atoms with van der Waals surface area (Å²) in [5.41, 5.74) is -0.700. The Morgan fingerprint density at radius 1 is 1.40 bits per heavy atom. The van der Waals surface area contributed by atoms with Crippen molar-refractivity contribution in [2.45, 2.75) is 0 Å². The molecule has 0 spiro atoms. The summed E-state index contributed by atoms with van der Waals surface area (Å²) in [6.45, 7) is 0. The lowest BCUT2D eigenvalue weighted by Crippen LogP contribution is -2.13. The Labute approximate surface area is 93.5 Å². The van der Waals surface area contributed by atoms with Gasteiger partial charge in [-0.1, -0.05) is 11.6 Å². The van der Waals surface area contributed by atoms with Crippen LogP contribution in [-0.2, 0) is 0 Å². The zero-order valence-electron chi connectivity index (χ0n) is 7.36. The van der Waals surface area contributed by atoms with E-state index in [1.165, 1.54) is 22.8 Å². The normalized spacial score (nSPS) is 10.5. The number of aromatic carboxylic acids is 1. The highest BCUT2D eigenvalue weighted by Crippen LogP contribution is 2.20. The van der Waals surface area contributed by atoms with Crippen LogP contribution in [0.5, 0.6) is 0 Å². The standard InChI is InChI=1S/C10H5ClO3S/c11-5-1-2-8-6(3-5)9(12)7(4-15-8)10(13)14/h1-4H,(H,13,14). The van der Waals surface area contributed by atoms with Crippen molar-refractivity contribution in [1.82, 2.24) is 0 Å². The Kier molecular flexibility index (Phi) is 2.46. The molecule has 0 radical (unpaired) electrons. The highest BCUT2D eigenvalue weighted by Gasteiger charge is 2.11. The topological polar surface area (TPSA) is 54.4 Å². The summed E-state index contributed by atoms with van der Waals surface area (Å²) in [5.74, 6) is -1.21. The van der Waals surface area contributed by atoms with Crippen molar-refractivity contribution in [1.29, 1.82) is 0 Å². The molecule has 2 rings (SSSR count). The molecule has 0 bridgehead atoms. The molecule has 2 aromatic rings. The van der Waals surface area contributed by atoms with Crippen LogP contribution >= 0.6 is 22.9 Å². The molecule has 0 saturated heterocycles. The fraction of sp³-hybridized carbons (Fsp3) is 0. The van der Waals surface area contributed by atoms with Crippen LogP contribution in [0, 0.1) is 0 Å². The van der Waals surface area contributed by atoms with Gasteiger partial charge in [-0.3, -0.25) is 4.79 Å². The van der Waals surface area contributed by atoms with Gasteiger partial charge in [0.15, 0.2) is 0 Å². The van der Waals surface area contributed by atoms with E-state index in [1.807, 2.05) is 0 Å². The Bertz CT molecular complexity index is 603. The highest BCUT2D eigenvalue weighted by molar-refractivity contribution is 7.16. The van der Waals surface area contributed by atoms with Gasteiger partial charge >= 0.3 is 5.97 Å². The van der Waals surface area contributed by atoms with Crippen LogP contribution in [0.4, 0.5) is 0 Å². The zero-order valence-corrected chi connectivity index (χ0v) is 8.93. The molecule has 0 unspecified atom stereocenters. The highest BCUT2D eigenvalue weighted by atomic mass is 35.5. The number of benzene rings is 1.